The molecule has 2 fully saturated rings. The molecule has 9 heteroatoms. The summed E-state index contributed by atoms with van der Waals surface area (Å²) in [7, 11) is 0. The molecule has 4 rings (SSSR count). The van der Waals surface area contributed by atoms with Gasteiger partial charge in [-0.15, -0.1) is 0 Å². The second-order valence-corrected chi connectivity index (χ2v) is 8.21. The second-order valence-electron chi connectivity index (χ2n) is 8.21. The number of likely N-dealkylation sites (tertiary alicyclic amines) is 1. The van der Waals surface area contributed by atoms with Crippen LogP contribution in [0.15, 0.2) is 18.2 Å². The van der Waals surface area contributed by atoms with Gasteiger partial charge in [-0.2, -0.15) is 0 Å². The zero-order chi connectivity index (χ0) is 21.6. The highest BCUT2D eigenvalue weighted by Gasteiger charge is 2.30. The number of amides is 2. The van der Waals surface area contributed by atoms with Crippen molar-refractivity contribution >= 4 is 12.0 Å². The summed E-state index contributed by atoms with van der Waals surface area (Å²) in [5.74, 6) is 1.25. The van der Waals surface area contributed by atoms with E-state index in [1.807, 2.05) is 11.0 Å². The highest BCUT2D eigenvalue weighted by Crippen LogP contribution is 2.33. The average molecular weight is 433 g/mol. The van der Waals surface area contributed by atoms with Crippen LogP contribution < -0.4 is 14.8 Å². The number of piperidine rings is 1. The number of rotatable bonds is 6. The summed E-state index contributed by atoms with van der Waals surface area (Å²) in [5.41, 5.74) is 1.24. The SMILES string of the molecule is CCOC(=O)CNC(=O)N1CCC[C@@H](N2CCN(Cc3ccc4c(c3)OCO4)CC2)C1. The third-order valence-electron chi connectivity index (χ3n) is 6.14. The molecule has 1 aromatic rings. The molecular formula is C22H32N4O5. The van der Waals surface area contributed by atoms with Crippen molar-refractivity contribution in [3.63, 3.8) is 0 Å². The van der Waals surface area contributed by atoms with Crippen molar-refractivity contribution in [2.45, 2.75) is 32.4 Å². The number of urea groups is 1. The average Bonchev–Trinajstić information content (AvgIpc) is 3.26. The van der Waals surface area contributed by atoms with Crippen molar-refractivity contribution in [3.8, 4) is 11.5 Å². The predicted octanol–water partition coefficient (Wildman–Crippen LogP) is 1.27. The molecule has 2 amide bonds. The zero-order valence-corrected chi connectivity index (χ0v) is 18.2. The normalized spacial score (nSPS) is 21.7. The van der Waals surface area contributed by atoms with E-state index in [2.05, 4.69) is 27.2 Å². The van der Waals surface area contributed by atoms with Crippen molar-refractivity contribution < 1.29 is 23.8 Å². The fourth-order valence-corrected chi connectivity index (χ4v) is 4.49. The molecule has 3 aliphatic rings. The highest BCUT2D eigenvalue weighted by molar-refractivity contribution is 5.80. The van der Waals surface area contributed by atoms with Crippen molar-refractivity contribution in [1.29, 1.82) is 0 Å². The van der Waals surface area contributed by atoms with E-state index in [4.69, 9.17) is 14.2 Å². The summed E-state index contributed by atoms with van der Waals surface area (Å²) in [4.78, 5) is 30.7. The van der Waals surface area contributed by atoms with Crippen molar-refractivity contribution in [1.82, 2.24) is 20.0 Å². The number of piperazine rings is 1. The summed E-state index contributed by atoms with van der Waals surface area (Å²) in [5, 5.41) is 2.68. The maximum absolute atomic E-state index is 12.4. The smallest absolute Gasteiger partial charge is 0.325 e. The van der Waals surface area contributed by atoms with Crippen LogP contribution in [0.25, 0.3) is 0 Å². The van der Waals surface area contributed by atoms with E-state index in [9.17, 15) is 9.59 Å². The molecule has 1 N–H and O–H groups in total. The molecule has 0 spiro atoms. The minimum absolute atomic E-state index is 0.0770. The quantitative estimate of drug-likeness (QED) is 0.678. The largest absolute Gasteiger partial charge is 0.465 e. The highest BCUT2D eigenvalue weighted by atomic mass is 16.7. The van der Waals surface area contributed by atoms with Crippen LogP contribution in [0.5, 0.6) is 11.5 Å². The Morgan fingerprint density at radius 3 is 2.74 bits per heavy atom. The van der Waals surface area contributed by atoms with E-state index in [-0.39, 0.29) is 12.6 Å². The van der Waals surface area contributed by atoms with Crippen molar-refractivity contribution in [2.24, 2.45) is 0 Å². The fourth-order valence-electron chi connectivity index (χ4n) is 4.49. The topological polar surface area (TPSA) is 83.6 Å². The van der Waals surface area contributed by atoms with Crippen LogP contribution in [0.1, 0.15) is 25.3 Å². The lowest BCUT2D eigenvalue weighted by Gasteiger charge is -2.43. The van der Waals surface area contributed by atoms with E-state index >= 15 is 0 Å². The van der Waals surface area contributed by atoms with Crippen LogP contribution in [0.4, 0.5) is 4.79 Å². The predicted molar refractivity (Wildman–Crippen MR) is 114 cm³/mol. The number of carbonyl (C=O) groups excluding carboxylic acids is 2. The van der Waals surface area contributed by atoms with Crippen molar-refractivity contribution in [3.05, 3.63) is 23.8 Å². The minimum atomic E-state index is -0.400. The Balaban J connectivity index is 1.22. The minimum Gasteiger partial charge on any atom is -0.465 e. The Morgan fingerprint density at radius 1 is 1.13 bits per heavy atom. The molecule has 0 unspecified atom stereocenters. The fraction of sp³-hybridized carbons (Fsp3) is 0.636. The third kappa shape index (κ3) is 5.59. The Labute approximate surface area is 183 Å². The second kappa shape index (κ2) is 10.2. The molecular weight excluding hydrogens is 400 g/mol. The van der Waals surface area contributed by atoms with Gasteiger partial charge in [-0.25, -0.2) is 4.79 Å². The van der Waals surface area contributed by atoms with E-state index in [0.717, 1.165) is 63.6 Å². The van der Waals surface area contributed by atoms with Gasteiger partial charge in [0.25, 0.3) is 0 Å². The van der Waals surface area contributed by atoms with E-state index in [0.29, 0.717) is 26.0 Å². The van der Waals surface area contributed by atoms with Gasteiger partial charge in [-0.3, -0.25) is 14.6 Å². The number of fused-ring (bicyclic) bond motifs is 1. The first-order chi connectivity index (χ1) is 15.1. The molecule has 0 radical (unpaired) electrons. The Morgan fingerprint density at radius 2 is 1.94 bits per heavy atom. The van der Waals surface area contributed by atoms with Crippen LogP contribution in [0, 0.1) is 0 Å². The Kier molecular flexibility index (Phi) is 7.14. The maximum atomic E-state index is 12.4. The van der Waals surface area contributed by atoms with Crippen LogP contribution in [0.2, 0.25) is 0 Å². The lowest BCUT2D eigenvalue weighted by Crippen LogP contribution is -2.57. The maximum Gasteiger partial charge on any atom is 0.325 e. The molecule has 1 aromatic carbocycles. The number of hydrogen-bond donors (Lipinski definition) is 1. The molecule has 170 valence electrons. The van der Waals surface area contributed by atoms with Crippen molar-refractivity contribution in [2.75, 3.05) is 59.2 Å². The third-order valence-corrected chi connectivity index (χ3v) is 6.14. The number of hydrogen-bond acceptors (Lipinski definition) is 7. The van der Waals surface area contributed by atoms with Gasteiger partial charge in [0.2, 0.25) is 6.79 Å². The van der Waals surface area contributed by atoms with Crippen LogP contribution >= 0.6 is 0 Å². The first-order valence-corrected chi connectivity index (χ1v) is 11.2. The summed E-state index contributed by atoms with van der Waals surface area (Å²) < 4.78 is 15.7. The van der Waals surface area contributed by atoms with E-state index in [1.54, 1.807) is 6.92 Å². The number of benzene rings is 1. The summed E-state index contributed by atoms with van der Waals surface area (Å²) >= 11 is 0. The molecule has 3 aliphatic heterocycles. The van der Waals surface area contributed by atoms with Gasteiger partial charge >= 0.3 is 12.0 Å². The molecule has 0 saturated carbocycles. The molecule has 0 bridgehead atoms. The molecule has 1 atom stereocenters. The summed E-state index contributed by atoms with van der Waals surface area (Å²) in [6.07, 6.45) is 2.08. The summed E-state index contributed by atoms with van der Waals surface area (Å²) in [6, 6.07) is 6.35. The van der Waals surface area contributed by atoms with Gasteiger partial charge < -0.3 is 24.4 Å². The number of carbonyl (C=O) groups is 2. The number of ether oxygens (including phenoxy) is 3. The lowest BCUT2D eigenvalue weighted by molar-refractivity contribution is -0.141. The van der Waals surface area contributed by atoms with Gasteiger partial charge in [0, 0.05) is 51.9 Å². The van der Waals surface area contributed by atoms with Crippen LogP contribution in [-0.2, 0) is 16.1 Å². The Bertz CT molecular complexity index is 781. The lowest BCUT2D eigenvalue weighted by atomic mass is 10.0. The van der Waals surface area contributed by atoms with E-state index < -0.39 is 5.97 Å². The monoisotopic (exact) mass is 432 g/mol. The number of nitrogens with one attached hydrogen (secondary N) is 1. The molecule has 0 aliphatic carbocycles. The molecule has 2 saturated heterocycles. The zero-order valence-electron chi connectivity index (χ0n) is 18.2. The van der Waals surface area contributed by atoms with Crippen LogP contribution in [-0.4, -0.2) is 92.0 Å². The van der Waals surface area contributed by atoms with Gasteiger partial charge in [0.15, 0.2) is 11.5 Å². The standard InChI is InChI=1S/C22H32N4O5/c1-2-29-21(27)13-23-22(28)26-7-3-4-18(15-26)25-10-8-24(9-11-25)14-17-5-6-19-20(12-17)31-16-30-19/h5-6,12,18H,2-4,7-11,13-16H2,1H3,(H,23,28)/t18-/m1/s1. The molecule has 0 aromatic heterocycles. The van der Waals surface area contributed by atoms with Crippen LogP contribution in [0.3, 0.4) is 0 Å². The first-order valence-electron chi connectivity index (χ1n) is 11.2. The van der Waals surface area contributed by atoms with Gasteiger partial charge in [-0.05, 0) is 37.5 Å². The van der Waals surface area contributed by atoms with Gasteiger partial charge in [0.05, 0.1) is 6.61 Å². The van der Waals surface area contributed by atoms with Gasteiger partial charge in [-0.1, -0.05) is 6.07 Å². The molecule has 31 heavy (non-hydrogen) atoms. The summed E-state index contributed by atoms with van der Waals surface area (Å²) in [6.45, 7) is 8.62. The molecule has 3 heterocycles. The first kappa shape index (κ1) is 21.7. The number of nitrogens with zero attached hydrogens (tertiary/aromatic N) is 3. The van der Waals surface area contributed by atoms with E-state index in [1.165, 1.54) is 5.56 Å². The number of esters is 1. The van der Waals surface area contributed by atoms with Gasteiger partial charge in [0.1, 0.15) is 6.54 Å². The molecule has 9 nitrogen and oxygen atoms in total. The Hall–Kier alpha value is -2.52.